The minimum atomic E-state index is -4.84. The number of rotatable bonds is 6. The second-order valence-corrected chi connectivity index (χ2v) is 7.80. The summed E-state index contributed by atoms with van der Waals surface area (Å²) in [4.78, 5) is 37.8. The number of ether oxygens (including phenoxy) is 1. The number of anilines is 2. The Balaban J connectivity index is 1.57. The molecule has 1 N–H and O–H groups in total. The van der Waals surface area contributed by atoms with Crippen LogP contribution in [-0.4, -0.2) is 35.1 Å². The summed E-state index contributed by atoms with van der Waals surface area (Å²) < 4.78 is 40.5. The lowest BCUT2D eigenvalue weighted by Gasteiger charge is -2.16. The third kappa shape index (κ3) is 5.67. The van der Waals surface area contributed by atoms with E-state index in [-0.39, 0.29) is 23.8 Å². The molecule has 2 aromatic carbocycles. The monoisotopic (exact) mass is 458 g/mol. The largest absolute Gasteiger partial charge is 0.573 e. The van der Waals surface area contributed by atoms with Crippen LogP contribution < -0.4 is 15.0 Å². The Bertz CT molecular complexity index is 952. The molecule has 11 heteroatoms. The van der Waals surface area contributed by atoms with Crippen LogP contribution in [0.2, 0.25) is 5.02 Å². The number of carbonyl (C=O) groups is 3. The number of benzene rings is 2. The number of nitrogens with one attached hydrogen (secondary N) is 1. The summed E-state index contributed by atoms with van der Waals surface area (Å²) >= 11 is 6.79. The van der Waals surface area contributed by atoms with Gasteiger partial charge in [-0.15, -0.1) is 24.9 Å². The Hall–Kier alpha value is -2.72. The number of hydrogen-bond acceptors (Lipinski definition) is 5. The van der Waals surface area contributed by atoms with E-state index in [1.807, 2.05) is 0 Å². The molecule has 1 aliphatic heterocycles. The molecule has 0 bridgehead atoms. The van der Waals surface area contributed by atoms with Crippen molar-refractivity contribution in [3.63, 3.8) is 0 Å². The summed E-state index contributed by atoms with van der Waals surface area (Å²) in [5, 5.41) is 2.41. The van der Waals surface area contributed by atoms with E-state index in [0.717, 1.165) is 28.8 Å². The van der Waals surface area contributed by atoms with Gasteiger partial charge in [0.05, 0.1) is 16.7 Å². The average molecular weight is 459 g/mol. The number of amides is 3. The van der Waals surface area contributed by atoms with Gasteiger partial charge in [0.15, 0.2) is 0 Å². The Morgan fingerprint density at radius 2 is 1.77 bits per heavy atom. The van der Waals surface area contributed by atoms with Gasteiger partial charge in [-0.3, -0.25) is 14.4 Å². The van der Waals surface area contributed by atoms with Crippen LogP contribution in [0, 0.1) is 0 Å². The molecular formula is C19H14ClF3N2O4S. The van der Waals surface area contributed by atoms with Crippen molar-refractivity contribution in [2.45, 2.75) is 18.0 Å². The number of imide groups is 1. The van der Waals surface area contributed by atoms with E-state index in [0.29, 0.717) is 10.7 Å². The third-order valence-corrected chi connectivity index (χ3v) is 5.43. The first kappa shape index (κ1) is 22.0. The second kappa shape index (κ2) is 8.97. The predicted molar refractivity (Wildman–Crippen MR) is 107 cm³/mol. The first-order valence-corrected chi connectivity index (χ1v) is 9.95. The summed E-state index contributed by atoms with van der Waals surface area (Å²) in [7, 11) is 0. The molecule has 0 aromatic heterocycles. The minimum absolute atomic E-state index is 0.0570. The van der Waals surface area contributed by atoms with E-state index in [2.05, 4.69) is 10.1 Å². The topological polar surface area (TPSA) is 75.7 Å². The molecule has 6 nitrogen and oxygen atoms in total. The van der Waals surface area contributed by atoms with Crippen LogP contribution in [0.3, 0.4) is 0 Å². The Kier molecular flexibility index (Phi) is 6.57. The highest BCUT2D eigenvalue weighted by molar-refractivity contribution is 8.01. The van der Waals surface area contributed by atoms with Crippen molar-refractivity contribution in [3.05, 3.63) is 53.6 Å². The number of nitrogens with zero attached hydrogens (tertiary/aromatic N) is 1. The van der Waals surface area contributed by atoms with Crippen LogP contribution in [0.1, 0.15) is 6.42 Å². The highest BCUT2D eigenvalue weighted by Gasteiger charge is 2.40. The molecule has 0 unspecified atom stereocenters. The lowest BCUT2D eigenvalue weighted by molar-refractivity contribution is -0.274. The molecule has 158 valence electrons. The molecule has 3 rings (SSSR count). The van der Waals surface area contributed by atoms with Gasteiger partial charge >= 0.3 is 6.36 Å². The summed E-state index contributed by atoms with van der Waals surface area (Å²) in [6.07, 6.45) is -4.95. The quantitative estimate of drug-likeness (QED) is 0.655. The minimum Gasteiger partial charge on any atom is -0.406 e. The normalized spacial score (nSPS) is 16.7. The first-order valence-electron chi connectivity index (χ1n) is 8.52. The van der Waals surface area contributed by atoms with Crippen LogP contribution >= 0.6 is 23.4 Å². The van der Waals surface area contributed by atoms with Gasteiger partial charge in [0, 0.05) is 17.1 Å². The van der Waals surface area contributed by atoms with E-state index in [9.17, 15) is 27.6 Å². The Labute approximate surface area is 178 Å². The summed E-state index contributed by atoms with van der Waals surface area (Å²) in [6, 6.07) is 10.9. The molecule has 0 aliphatic carbocycles. The first-order chi connectivity index (χ1) is 14.1. The summed E-state index contributed by atoms with van der Waals surface area (Å²) in [5.74, 6) is -1.91. The van der Waals surface area contributed by atoms with Gasteiger partial charge in [-0.05, 0) is 48.5 Å². The van der Waals surface area contributed by atoms with Gasteiger partial charge in [-0.2, -0.15) is 0 Å². The van der Waals surface area contributed by atoms with Gasteiger partial charge in [0.2, 0.25) is 17.7 Å². The predicted octanol–water partition coefficient (Wildman–Crippen LogP) is 4.24. The fourth-order valence-corrected chi connectivity index (χ4v) is 3.77. The molecule has 2 aromatic rings. The van der Waals surface area contributed by atoms with Gasteiger partial charge in [0.1, 0.15) is 5.75 Å². The fourth-order valence-electron chi connectivity index (χ4n) is 2.71. The standard InChI is InChI=1S/C19H14ClF3N2O4S/c20-11-1-3-12(4-2-11)24-16(26)10-30-15-9-17(27)25(18(15)28)13-5-7-14(8-6-13)29-19(21,22)23/h1-8,15H,9-10H2,(H,24,26)/t15-/m1/s1. The molecule has 1 heterocycles. The van der Waals surface area contributed by atoms with Crippen molar-refractivity contribution >= 4 is 52.5 Å². The van der Waals surface area contributed by atoms with Crippen LogP contribution in [0.15, 0.2) is 48.5 Å². The van der Waals surface area contributed by atoms with Crippen molar-refractivity contribution in [1.82, 2.24) is 0 Å². The van der Waals surface area contributed by atoms with Crippen molar-refractivity contribution in [1.29, 1.82) is 0 Å². The Morgan fingerprint density at radius 3 is 2.37 bits per heavy atom. The molecule has 0 spiro atoms. The fraction of sp³-hybridized carbons (Fsp3) is 0.211. The number of thioether (sulfide) groups is 1. The van der Waals surface area contributed by atoms with Crippen LogP contribution in [-0.2, 0) is 14.4 Å². The maximum atomic E-state index is 12.6. The van der Waals surface area contributed by atoms with Crippen LogP contribution in [0.25, 0.3) is 0 Å². The molecule has 0 radical (unpaired) electrons. The summed E-state index contributed by atoms with van der Waals surface area (Å²) in [6.45, 7) is 0. The number of halogens is 4. The van der Waals surface area contributed by atoms with Crippen molar-refractivity contribution < 1.29 is 32.3 Å². The number of alkyl halides is 3. The Morgan fingerprint density at radius 1 is 1.13 bits per heavy atom. The maximum absolute atomic E-state index is 12.6. The molecule has 3 amide bonds. The SMILES string of the molecule is O=C(CS[C@@H]1CC(=O)N(c2ccc(OC(F)(F)F)cc2)C1=O)Nc1ccc(Cl)cc1. The van der Waals surface area contributed by atoms with Gasteiger partial charge in [0.25, 0.3) is 0 Å². The van der Waals surface area contributed by atoms with Gasteiger partial charge in [-0.1, -0.05) is 11.6 Å². The van der Waals surface area contributed by atoms with Gasteiger partial charge < -0.3 is 10.1 Å². The van der Waals surface area contributed by atoms with Crippen LogP contribution in [0.4, 0.5) is 24.5 Å². The molecule has 1 fully saturated rings. The number of hydrogen-bond donors (Lipinski definition) is 1. The molecule has 1 saturated heterocycles. The van der Waals surface area contributed by atoms with Gasteiger partial charge in [-0.25, -0.2) is 4.90 Å². The molecule has 1 atom stereocenters. The highest BCUT2D eigenvalue weighted by Crippen LogP contribution is 2.31. The zero-order valence-electron chi connectivity index (χ0n) is 15.1. The van der Waals surface area contributed by atoms with E-state index >= 15 is 0 Å². The number of carbonyl (C=O) groups excluding carboxylic acids is 3. The zero-order chi connectivity index (χ0) is 21.9. The third-order valence-electron chi connectivity index (χ3n) is 3.98. The molecule has 30 heavy (non-hydrogen) atoms. The van der Waals surface area contributed by atoms with Crippen molar-refractivity contribution in [2.75, 3.05) is 16.0 Å². The lowest BCUT2D eigenvalue weighted by Crippen LogP contribution is -2.31. The lowest BCUT2D eigenvalue weighted by atomic mass is 10.3. The zero-order valence-corrected chi connectivity index (χ0v) is 16.7. The van der Waals surface area contributed by atoms with E-state index in [4.69, 9.17) is 11.6 Å². The van der Waals surface area contributed by atoms with Crippen molar-refractivity contribution in [2.24, 2.45) is 0 Å². The van der Waals surface area contributed by atoms with E-state index in [1.165, 1.54) is 12.1 Å². The summed E-state index contributed by atoms with van der Waals surface area (Å²) in [5.41, 5.74) is 0.676. The highest BCUT2D eigenvalue weighted by atomic mass is 35.5. The molecule has 1 aliphatic rings. The maximum Gasteiger partial charge on any atom is 0.573 e. The van der Waals surface area contributed by atoms with Crippen molar-refractivity contribution in [3.8, 4) is 5.75 Å². The smallest absolute Gasteiger partial charge is 0.406 e. The molecule has 0 saturated carbocycles. The second-order valence-electron chi connectivity index (χ2n) is 6.17. The van der Waals surface area contributed by atoms with E-state index < -0.39 is 29.2 Å². The average Bonchev–Trinajstić information content (AvgIpc) is 2.95. The van der Waals surface area contributed by atoms with Crippen LogP contribution in [0.5, 0.6) is 5.75 Å². The van der Waals surface area contributed by atoms with E-state index in [1.54, 1.807) is 24.3 Å². The molecular weight excluding hydrogens is 445 g/mol.